The maximum absolute atomic E-state index is 5.72. The van der Waals surface area contributed by atoms with Crippen LogP contribution < -0.4 is 0 Å². The summed E-state index contributed by atoms with van der Waals surface area (Å²) in [6.07, 6.45) is 0.581. The second kappa shape index (κ2) is 3.84. The molecule has 0 unspecified atom stereocenters. The zero-order valence-electron chi connectivity index (χ0n) is 8.14. The number of aromatic amines is 1. The highest BCUT2D eigenvalue weighted by Crippen LogP contribution is 2.15. The van der Waals surface area contributed by atoms with Crippen LogP contribution in [0.1, 0.15) is 11.6 Å². The molecule has 80 valence electrons. The Labute approximate surface area is 100 Å². The Kier molecular flexibility index (Phi) is 2.34. The third kappa shape index (κ3) is 1.79. The van der Waals surface area contributed by atoms with E-state index >= 15 is 0 Å². The molecule has 0 amide bonds. The number of para-hydroxylation sites is 2. The molecule has 16 heavy (non-hydrogen) atoms. The summed E-state index contributed by atoms with van der Waals surface area (Å²) >= 11 is 6.91. The van der Waals surface area contributed by atoms with Gasteiger partial charge in [0.05, 0.1) is 17.5 Å². The van der Waals surface area contributed by atoms with Crippen molar-refractivity contribution in [2.45, 2.75) is 6.42 Å². The van der Waals surface area contributed by atoms with E-state index < -0.39 is 0 Å². The van der Waals surface area contributed by atoms with Gasteiger partial charge in [0.1, 0.15) is 5.82 Å². The Balaban J connectivity index is 1.95. The summed E-state index contributed by atoms with van der Waals surface area (Å²) < 4.78 is 4.58. The van der Waals surface area contributed by atoms with E-state index in [1.165, 1.54) is 11.5 Å². The molecule has 0 fully saturated rings. The fourth-order valence-corrected chi connectivity index (χ4v) is 2.18. The molecule has 2 heterocycles. The van der Waals surface area contributed by atoms with Crippen LogP contribution in [0.3, 0.4) is 0 Å². The first-order chi connectivity index (χ1) is 7.81. The lowest BCUT2D eigenvalue weighted by atomic mass is 10.3. The number of H-pyrrole nitrogens is 1. The van der Waals surface area contributed by atoms with E-state index in [-0.39, 0.29) is 0 Å². The number of nitrogens with one attached hydrogen (secondary N) is 1. The molecule has 0 aliphatic rings. The molecule has 4 nitrogen and oxygen atoms in total. The minimum Gasteiger partial charge on any atom is -0.342 e. The van der Waals surface area contributed by atoms with Crippen LogP contribution in [-0.2, 0) is 6.42 Å². The smallest absolute Gasteiger partial charge is 0.203 e. The quantitative estimate of drug-likeness (QED) is 0.761. The minimum atomic E-state index is 0.464. The van der Waals surface area contributed by atoms with E-state index in [1.54, 1.807) is 0 Å². The summed E-state index contributed by atoms with van der Waals surface area (Å²) in [4.78, 5) is 11.8. The van der Waals surface area contributed by atoms with Gasteiger partial charge in [-0.05, 0) is 35.3 Å². The van der Waals surface area contributed by atoms with Gasteiger partial charge >= 0.3 is 0 Å². The van der Waals surface area contributed by atoms with Crippen LogP contribution in [0.15, 0.2) is 24.3 Å². The molecule has 2 aromatic heterocycles. The zero-order chi connectivity index (χ0) is 11.0. The highest BCUT2D eigenvalue weighted by Gasteiger charge is 2.07. The standard InChI is InChI=1S/C10H7ClN4S/c11-10-14-9(15-16-10)5-8-12-6-3-1-2-4-7(6)13-8/h1-4H,5H2,(H,12,13). The summed E-state index contributed by atoms with van der Waals surface area (Å²) in [5, 5.41) is 0. The monoisotopic (exact) mass is 250 g/mol. The Morgan fingerprint density at radius 2 is 2.12 bits per heavy atom. The topological polar surface area (TPSA) is 54.5 Å². The van der Waals surface area contributed by atoms with Crippen molar-refractivity contribution in [3.63, 3.8) is 0 Å². The third-order valence-corrected chi connectivity index (χ3v) is 3.04. The molecule has 0 aliphatic carbocycles. The molecule has 3 rings (SSSR count). The largest absolute Gasteiger partial charge is 0.342 e. The van der Waals surface area contributed by atoms with E-state index in [0.29, 0.717) is 16.7 Å². The number of benzene rings is 1. The molecular weight excluding hydrogens is 244 g/mol. The second-order valence-corrected chi connectivity index (χ2v) is 4.67. The number of imidazole rings is 1. The molecule has 0 bridgehead atoms. The molecular formula is C10H7ClN4S. The molecule has 0 spiro atoms. The van der Waals surface area contributed by atoms with E-state index in [1.807, 2.05) is 24.3 Å². The molecule has 0 radical (unpaired) electrons. The first-order valence-corrected chi connectivity index (χ1v) is 5.88. The summed E-state index contributed by atoms with van der Waals surface area (Å²) in [6.45, 7) is 0. The van der Waals surface area contributed by atoms with Crippen LogP contribution in [0, 0.1) is 0 Å². The maximum Gasteiger partial charge on any atom is 0.203 e. The molecule has 1 N–H and O–H groups in total. The van der Waals surface area contributed by atoms with Gasteiger partial charge in [0.25, 0.3) is 0 Å². The SMILES string of the molecule is Clc1nc(Cc2nc3ccccc3[nH]2)ns1. The Morgan fingerprint density at radius 3 is 2.88 bits per heavy atom. The van der Waals surface area contributed by atoms with Crippen molar-refractivity contribution >= 4 is 34.2 Å². The van der Waals surface area contributed by atoms with Crippen LogP contribution >= 0.6 is 23.1 Å². The normalized spacial score (nSPS) is 11.1. The fraction of sp³-hybridized carbons (Fsp3) is 0.100. The first-order valence-electron chi connectivity index (χ1n) is 4.73. The van der Waals surface area contributed by atoms with Gasteiger partial charge in [-0.1, -0.05) is 12.1 Å². The number of aromatic nitrogens is 4. The first kappa shape index (κ1) is 9.74. The van der Waals surface area contributed by atoms with Crippen molar-refractivity contribution in [1.82, 2.24) is 19.3 Å². The Hall–Kier alpha value is -1.46. The minimum absolute atomic E-state index is 0.464. The number of fused-ring (bicyclic) bond motifs is 1. The molecule has 0 saturated heterocycles. The molecule has 6 heteroatoms. The van der Waals surface area contributed by atoms with Crippen LogP contribution in [0.2, 0.25) is 4.47 Å². The van der Waals surface area contributed by atoms with E-state index in [2.05, 4.69) is 19.3 Å². The van der Waals surface area contributed by atoms with Crippen molar-refractivity contribution in [2.24, 2.45) is 0 Å². The predicted octanol–water partition coefficient (Wildman–Crippen LogP) is 2.66. The lowest BCUT2D eigenvalue weighted by Gasteiger charge is -1.88. The summed E-state index contributed by atoms with van der Waals surface area (Å²) in [5.41, 5.74) is 1.98. The fourth-order valence-electron chi connectivity index (χ4n) is 1.54. The zero-order valence-corrected chi connectivity index (χ0v) is 9.72. The molecule has 0 saturated carbocycles. The number of hydrogen-bond acceptors (Lipinski definition) is 4. The Bertz CT molecular complexity index is 597. The number of nitrogens with zero attached hydrogens (tertiary/aromatic N) is 3. The Morgan fingerprint density at radius 1 is 1.25 bits per heavy atom. The van der Waals surface area contributed by atoms with Gasteiger partial charge in [-0.3, -0.25) is 0 Å². The average molecular weight is 251 g/mol. The van der Waals surface area contributed by atoms with E-state index in [9.17, 15) is 0 Å². The van der Waals surface area contributed by atoms with Gasteiger partial charge in [-0.2, -0.15) is 4.37 Å². The van der Waals surface area contributed by atoms with Gasteiger partial charge in [0, 0.05) is 0 Å². The van der Waals surface area contributed by atoms with Gasteiger partial charge < -0.3 is 4.98 Å². The number of halogens is 1. The molecule has 3 aromatic rings. The van der Waals surface area contributed by atoms with Crippen LogP contribution in [0.25, 0.3) is 11.0 Å². The number of rotatable bonds is 2. The molecule has 0 aliphatic heterocycles. The van der Waals surface area contributed by atoms with Gasteiger partial charge in [-0.25, -0.2) is 9.97 Å². The lowest BCUT2D eigenvalue weighted by Crippen LogP contribution is -1.92. The highest BCUT2D eigenvalue weighted by atomic mass is 35.5. The van der Waals surface area contributed by atoms with Gasteiger partial charge in [-0.15, -0.1) is 0 Å². The predicted molar refractivity (Wildman–Crippen MR) is 63.8 cm³/mol. The molecule has 0 atom stereocenters. The number of hydrogen-bond donors (Lipinski definition) is 1. The van der Waals surface area contributed by atoms with Crippen molar-refractivity contribution in [2.75, 3.05) is 0 Å². The van der Waals surface area contributed by atoms with E-state index in [0.717, 1.165) is 16.9 Å². The van der Waals surface area contributed by atoms with Crippen LogP contribution in [0.5, 0.6) is 0 Å². The van der Waals surface area contributed by atoms with Crippen molar-refractivity contribution in [3.05, 3.63) is 40.4 Å². The summed E-state index contributed by atoms with van der Waals surface area (Å²) in [5.74, 6) is 1.56. The average Bonchev–Trinajstić information content (AvgIpc) is 2.84. The van der Waals surface area contributed by atoms with Gasteiger partial charge in [0.2, 0.25) is 4.47 Å². The van der Waals surface area contributed by atoms with Crippen LogP contribution in [0.4, 0.5) is 0 Å². The highest BCUT2D eigenvalue weighted by molar-refractivity contribution is 7.10. The summed E-state index contributed by atoms with van der Waals surface area (Å²) in [6, 6.07) is 7.90. The summed E-state index contributed by atoms with van der Waals surface area (Å²) in [7, 11) is 0. The van der Waals surface area contributed by atoms with Crippen molar-refractivity contribution in [3.8, 4) is 0 Å². The van der Waals surface area contributed by atoms with Crippen molar-refractivity contribution < 1.29 is 0 Å². The maximum atomic E-state index is 5.72. The molecule has 1 aromatic carbocycles. The lowest BCUT2D eigenvalue weighted by molar-refractivity contribution is 0.960. The van der Waals surface area contributed by atoms with Gasteiger partial charge in [0.15, 0.2) is 5.82 Å². The second-order valence-electron chi connectivity index (χ2n) is 3.34. The van der Waals surface area contributed by atoms with E-state index in [4.69, 9.17) is 11.6 Å². The van der Waals surface area contributed by atoms with Crippen molar-refractivity contribution in [1.29, 1.82) is 0 Å². The van der Waals surface area contributed by atoms with Crippen LogP contribution in [-0.4, -0.2) is 19.3 Å². The third-order valence-electron chi connectivity index (χ3n) is 2.21.